The molecule has 0 aliphatic heterocycles. The van der Waals surface area contributed by atoms with Crippen LogP contribution in [0.4, 0.5) is 0 Å². The van der Waals surface area contributed by atoms with Crippen molar-refractivity contribution in [3.8, 4) is 5.75 Å². The predicted octanol–water partition coefficient (Wildman–Crippen LogP) is -1.50. The van der Waals surface area contributed by atoms with Crippen molar-refractivity contribution in [1.82, 2.24) is 0 Å². The van der Waals surface area contributed by atoms with E-state index < -0.39 is 5.63 Å². The molecule has 0 aliphatic rings. The summed E-state index contributed by atoms with van der Waals surface area (Å²) >= 11 is 0. The van der Waals surface area contributed by atoms with Gasteiger partial charge in [0.15, 0.2) is 0 Å². The zero-order chi connectivity index (χ0) is 11.4. The number of benzene rings is 1. The van der Waals surface area contributed by atoms with Gasteiger partial charge < -0.3 is 9.52 Å². The molecule has 2 aromatic rings. The van der Waals surface area contributed by atoms with Gasteiger partial charge in [0, 0.05) is 12.5 Å². The van der Waals surface area contributed by atoms with E-state index in [-0.39, 0.29) is 35.3 Å². The number of hydrogen-bond acceptors (Lipinski definition) is 3. The molecular formula is C13H11NaO3. The van der Waals surface area contributed by atoms with E-state index >= 15 is 0 Å². The summed E-state index contributed by atoms with van der Waals surface area (Å²) in [5, 5.41) is 11.1. The van der Waals surface area contributed by atoms with Gasteiger partial charge in [0.1, 0.15) is 5.76 Å². The molecule has 17 heavy (non-hydrogen) atoms. The third-order valence-electron chi connectivity index (χ3n) is 2.30. The summed E-state index contributed by atoms with van der Waals surface area (Å²) in [6.45, 7) is 0. The molecule has 3 nitrogen and oxygen atoms in total. The molecule has 0 aliphatic carbocycles. The fourth-order valence-electron chi connectivity index (χ4n) is 1.54. The van der Waals surface area contributed by atoms with E-state index in [1.54, 1.807) is 0 Å². The van der Waals surface area contributed by atoms with Crippen LogP contribution in [0.2, 0.25) is 0 Å². The average molecular weight is 238 g/mol. The summed E-state index contributed by atoms with van der Waals surface area (Å²) in [6, 6.07) is 12.2. The van der Waals surface area contributed by atoms with Crippen molar-refractivity contribution in [2.24, 2.45) is 0 Å². The van der Waals surface area contributed by atoms with Gasteiger partial charge in [-0.25, -0.2) is 4.79 Å². The van der Waals surface area contributed by atoms with Crippen molar-refractivity contribution < 1.29 is 39.1 Å². The van der Waals surface area contributed by atoms with Crippen LogP contribution < -0.4 is 40.3 Å². The molecule has 0 radical (unpaired) electrons. The van der Waals surface area contributed by atoms with Gasteiger partial charge in [-0.2, -0.15) is 0 Å². The first-order chi connectivity index (χ1) is 7.74. The van der Waals surface area contributed by atoms with Crippen molar-refractivity contribution in [2.75, 3.05) is 0 Å². The average Bonchev–Trinajstić information content (AvgIpc) is 2.27. The summed E-state index contributed by atoms with van der Waals surface area (Å²) in [7, 11) is 0. The van der Waals surface area contributed by atoms with Crippen molar-refractivity contribution >= 4 is 0 Å². The van der Waals surface area contributed by atoms with Crippen LogP contribution in [0.25, 0.3) is 0 Å². The van der Waals surface area contributed by atoms with Crippen LogP contribution in [-0.4, -0.2) is 0 Å². The Bertz CT molecular complexity index is 520. The molecule has 1 heterocycles. The second kappa shape index (κ2) is 6.64. The Balaban J connectivity index is 0.00000144. The minimum absolute atomic E-state index is 0. The smallest absolute Gasteiger partial charge is 0.872 e. The summed E-state index contributed by atoms with van der Waals surface area (Å²) in [6.07, 6.45) is 1.32. The largest absolute Gasteiger partial charge is 1.00 e. The van der Waals surface area contributed by atoms with Crippen LogP contribution in [0.5, 0.6) is 5.75 Å². The Hall–Kier alpha value is -1.03. The Labute approximate surface area is 121 Å². The second-order valence-electron chi connectivity index (χ2n) is 3.56. The van der Waals surface area contributed by atoms with Crippen LogP contribution in [0.3, 0.4) is 0 Å². The van der Waals surface area contributed by atoms with Gasteiger partial charge in [0.2, 0.25) is 0 Å². The molecular weight excluding hydrogens is 227 g/mol. The molecule has 82 valence electrons. The van der Waals surface area contributed by atoms with Gasteiger partial charge in [0.25, 0.3) is 0 Å². The fourth-order valence-corrected chi connectivity index (χ4v) is 1.54. The molecule has 1 aromatic carbocycles. The quantitative estimate of drug-likeness (QED) is 0.612. The summed E-state index contributed by atoms with van der Waals surface area (Å²) in [5.41, 5.74) is 0.581. The first kappa shape index (κ1) is 14.0. The topological polar surface area (TPSA) is 53.3 Å². The SMILES string of the molecule is O=c1cc([O-])cc(CCc2ccccc2)o1.[Na+]. The second-order valence-corrected chi connectivity index (χ2v) is 3.56. The van der Waals surface area contributed by atoms with E-state index in [1.807, 2.05) is 30.3 Å². The number of aryl methyl sites for hydroxylation is 2. The van der Waals surface area contributed by atoms with Gasteiger partial charge in [0.05, 0.1) is 0 Å². The van der Waals surface area contributed by atoms with Gasteiger partial charge in [-0.05, 0) is 18.1 Å². The molecule has 0 bridgehead atoms. The molecule has 0 saturated carbocycles. The molecule has 2 rings (SSSR count). The van der Waals surface area contributed by atoms with Crippen LogP contribution >= 0.6 is 0 Å². The molecule has 0 amide bonds. The normalized spacial score (nSPS) is 9.65. The maximum absolute atomic E-state index is 11.1. The Kier molecular flexibility index (Phi) is 5.48. The molecule has 0 saturated heterocycles. The van der Waals surface area contributed by atoms with Crippen molar-refractivity contribution in [1.29, 1.82) is 0 Å². The molecule has 0 N–H and O–H groups in total. The Morgan fingerprint density at radius 2 is 1.76 bits per heavy atom. The zero-order valence-electron chi connectivity index (χ0n) is 9.68. The Morgan fingerprint density at radius 3 is 2.41 bits per heavy atom. The van der Waals surface area contributed by atoms with E-state index in [9.17, 15) is 9.90 Å². The van der Waals surface area contributed by atoms with E-state index in [0.717, 1.165) is 18.1 Å². The standard InChI is InChI=1S/C13H12O3.Na/c14-11-8-12(16-13(15)9-11)7-6-10-4-2-1-3-5-10;/h1-5,8-9,14H,6-7H2;/q;+1/p-1. The van der Waals surface area contributed by atoms with Gasteiger partial charge in [-0.1, -0.05) is 36.1 Å². The minimum atomic E-state index is -0.574. The summed E-state index contributed by atoms with van der Waals surface area (Å²) in [5.74, 6) is 0.153. The van der Waals surface area contributed by atoms with E-state index in [1.165, 1.54) is 6.07 Å². The van der Waals surface area contributed by atoms with Crippen LogP contribution in [0.15, 0.2) is 51.7 Å². The van der Waals surface area contributed by atoms with Crippen LogP contribution in [0.1, 0.15) is 11.3 Å². The summed E-state index contributed by atoms with van der Waals surface area (Å²) in [4.78, 5) is 11.0. The number of rotatable bonds is 3. The van der Waals surface area contributed by atoms with E-state index in [0.29, 0.717) is 12.2 Å². The third kappa shape index (κ3) is 4.38. The predicted molar refractivity (Wildman–Crippen MR) is 58.3 cm³/mol. The molecule has 0 atom stereocenters. The zero-order valence-corrected chi connectivity index (χ0v) is 11.7. The third-order valence-corrected chi connectivity index (χ3v) is 2.30. The van der Waals surface area contributed by atoms with Gasteiger partial charge in [-0.15, -0.1) is 0 Å². The Morgan fingerprint density at radius 1 is 1.06 bits per heavy atom. The molecule has 0 unspecified atom stereocenters. The van der Waals surface area contributed by atoms with Crippen molar-refractivity contribution in [3.63, 3.8) is 0 Å². The minimum Gasteiger partial charge on any atom is -0.872 e. The monoisotopic (exact) mass is 238 g/mol. The maximum atomic E-state index is 11.1. The van der Waals surface area contributed by atoms with E-state index in [4.69, 9.17) is 4.42 Å². The first-order valence-corrected chi connectivity index (χ1v) is 5.09. The molecule has 0 fully saturated rings. The fraction of sp³-hybridized carbons (Fsp3) is 0.154. The van der Waals surface area contributed by atoms with Gasteiger partial charge in [-0.3, -0.25) is 0 Å². The van der Waals surface area contributed by atoms with Crippen molar-refractivity contribution in [3.05, 3.63) is 64.2 Å². The molecule has 0 spiro atoms. The first-order valence-electron chi connectivity index (χ1n) is 5.09. The maximum Gasteiger partial charge on any atom is 1.00 e. The van der Waals surface area contributed by atoms with Crippen molar-refractivity contribution in [2.45, 2.75) is 12.8 Å². The molecule has 4 heteroatoms. The molecule has 1 aromatic heterocycles. The van der Waals surface area contributed by atoms with Crippen LogP contribution in [0, 0.1) is 0 Å². The summed E-state index contributed by atoms with van der Waals surface area (Å²) < 4.78 is 4.92. The van der Waals surface area contributed by atoms with Crippen LogP contribution in [-0.2, 0) is 12.8 Å². The van der Waals surface area contributed by atoms with Gasteiger partial charge >= 0.3 is 35.2 Å². The number of hydrogen-bond donors (Lipinski definition) is 0. The van der Waals surface area contributed by atoms with E-state index in [2.05, 4.69) is 0 Å².